The molecular formula is C14H20BrNO2S. The Morgan fingerprint density at radius 1 is 1.26 bits per heavy atom. The molecule has 19 heavy (non-hydrogen) atoms. The van der Waals surface area contributed by atoms with Crippen molar-refractivity contribution in [2.45, 2.75) is 43.5 Å². The van der Waals surface area contributed by atoms with Gasteiger partial charge < -0.3 is 0 Å². The third kappa shape index (κ3) is 3.58. The van der Waals surface area contributed by atoms with Crippen LogP contribution in [0.25, 0.3) is 0 Å². The maximum absolute atomic E-state index is 12.5. The number of benzene rings is 1. The second-order valence-corrected chi connectivity index (χ2v) is 7.52. The van der Waals surface area contributed by atoms with Crippen LogP contribution < -0.4 is 4.72 Å². The fourth-order valence-corrected chi connectivity index (χ4v) is 5.03. The van der Waals surface area contributed by atoms with Gasteiger partial charge in [0, 0.05) is 11.4 Å². The molecular weight excluding hydrogens is 326 g/mol. The largest absolute Gasteiger partial charge is 0.241 e. The van der Waals surface area contributed by atoms with Gasteiger partial charge in [-0.1, -0.05) is 47.0 Å². The van der Waals surface area contributed by atoms with Crippen LogP contribution in [0.4, 0.5) is 0 Å². The second kappa shape index (κ2) is 6.37. The van der Waals surface area contributed by atoms with Crippen LogP contribution in [-0.2, 0) is 10.0 Å². The average Bonchev–Trinajstić information content (AvgIpc) is 2.39. The number of rotatable bonds is 4. The van der Waals surface area contributed by atoms with E-state index in [0.29, 0.717) is 10.8 Å². The summed E-state index contributed by atoms with van der Waals surface area (Å²) in [6.45, 7) is 1.83. The van der Waals surface area contributed by atoms with Crippen LogP contribution in [0.2, 0.25) is 0 Å². The van der Waals surface area contributed by atoms with Gasteiger partial charge in [-0.05, 0) is 37.3 Å². The van der Waals surface area contributed by atoms with Gasteiger partial charge in [0.15, 0.2) is 0 Å². The van der Waals surface area contributed by atoms with Gasteiger partial charge in [-0.15, -0.1) is 0 Å². The zero-order valence-electron chi connectivity index (χ0n) is 11.1. The van der Waals surface area contributed by atoms with E-state index in [-0.39, 0.29) is 6.04 Å². The normalized spacial score (nSPS) is 24.3. The standard InChI is InChI=1S/C14H20BrNO2S/c1-11-6-2-5-9-14(11)19(17,18)16-13-8-4-3-7-12(13)10-15/h2,5-6,9,12-13,16H,3-4,7-8,10H2,1H3. The smallest absolute Gasteiger partial charge is 0.208 e. The lowest BCUT2D eigenvalue weighted by Crippen LogP contribution is -2.42. The van der Waals surface area contributed by atoms with E-state index in [9.17, 15) is 8.42 Å². The van der Waals surface area contributed by atoms with Crippen molar-refractivity contribution in [1.82, 2.24) is 4.72 Å². The predicted octanol–water partition coefficient (Wildman–Crippen LogP) is 3.23. The van der Waals surface area contributed by atoms with E-state index in [1.807, 2.05) is 19.1 Å². The fraction of sp³-hybridized carbons (Fsp3) is 0.571. The number of alkyl halides is 1. The first-order valence-corrected chi connectivity index (χ1v) is 9.29. The molecule has 0 amide bonds. The Hall–Kier alpha value is -0.390. The fourth-order valence-electron chi connectivity index (χ4n) is 2.67. The Bertz CT molecular complexity index is 530. The van der Waals surface area contributed by atoms with Crippen LogP contribution in [0.1, 0.15) is 31.2 Å². The number of aryl methyl sites for hydroxylation is 1. The number of sulfonamides is 1. The number of hydrogen-bond acceptors (Lipinski definition) is 2. The molecule has 1 aromatic carbocycles. The number of halogens is 1. The zero-order valence-corrected chi connectivity index (χ0v) is 13.5. The maximum atomic E-state index is 12.5. The van der Waals surface area contributed by atoms with Crippen molar-refractivity contribution in [3.05, 3.63) is 29.8 Å². The summed E-state index contributed by atoms with van der Waals surface area (Å²) in [5.41, 5.74) is 0.793. The lowest BCUT2D eigenvalue weighted by molar-refractivity contribution is 0.316. The maximum Gasteiger partial charge on any atom is 0.241 e. The van der Waals surface area contributed by atoms with Crippen LogP contribution in [0.15, 0.2) is 29.2 Å². The number of nitrogens with one attached hydrogen (secondary N) is 1. The minimum Gasteiger partial charge on any atom is -0.208 e. The Kier molecular flexibility index (Phi) is 5.03. The van der Waals surface area contributed by atoms with Gasteiger partial charge >= 0.3 is 0 Å². The summed E-state index contributed by atoms with van der Waals surface area (Å²) in [6, 6.07) is 7.18. The minimum atomic E-state index is -3.40. The topological polar surface area (TPSA) is 46.2 Å². The van der Waals surface area contributed by atoms with Crippen molar-refractivity contribution in [3.8, 4) is 0 Å². The molecule has 0 saturated heterocycles. The highest BCUT2D eigenvalue weighted by Crippen LogP contribution is 2.27. The molecule has 2 atom stereocenters. The van der Waals surface area contributed by atoms with Crippen LogP contribution in [0.5, 0.6) is 0 Å². The molecule has 0 spiro atoms. The quantitative estimate of drug-likeness (QED) is 0.851. The molecule has 0 radical (unpaired) electrons. The summed E-state index contributed by atoms with van der Waals surface area (Å²) in [6.07, 6.45) is 4.32. The molecule has 1 aliphatic rings. The van der Waals surface area contributed by atoms with Gasteiger partial charge in [0.05, 0.1) is 4.90 Å². The molecule has 2 unspecified atom stereocenters. The van der Waals surface area contributed by atoms with E-state index < -0.39 is 10.0 Å². The Balaban J connectivity index is 2.19. The molecule has 3 nitrogen and oxygen atoms in total. The van der Waals surface area contributed by atoms with Crippen molar-refractivity contribution in [2.24, 2.45) is 5.92 Å². The molecule has 0 aliphatic heterocycles. The van der Waals surface area contributed by atoms with Gasteiger partial charge in [0.25, 0.3) is 0 Å². The van der Waals surface area contributed by atoms with E-state index in [0.717, 1.165) is 30.2 Å². The molecule has 1 saturated carbocycles. The molecule has 0 aromatic heterocycles. The predicted molar refractivity (Wildman–Crippen MR) is 81.0 cm³/mol. The van der Waals surface area contributed by atoms with Crippen LogP contribution in [0.3, 0.4) is 0 Å². The molecule has 1 fully saturated rings. The third-order valence-electron chi connectivity index (χ3n) is 3.80. The second-order valence-electron chi connectivity index (χ2n) is 5.19. The Morgan fingerprint density at radius 2 is 1.95 bits per heavy atom. The van der Waals surface area contributed by atoms with Gasteiger partial charge in [-0.3, -0.25) is 0 Å². The number of hydrogen-bond donors (Lipinski definition) is 1. The summed E-state index contributed by atoms with van der Waals surface area (Å²) in [4.78, 5) is 0.397. The third-order valence-corrected chi connectivity index (χ3v) is 6.28. The van der Waals surface area contributed by atoms with E-state index in [2.05, 4.69) is 20.7 Å². The van der Waals surface area contributed by atoms with E-state index in [1.165, 1.54) is 6.42 Å². The molecule has 0 bridgehead atoms. The van der Waals surface area contributed by atoms with Crippen LogP contribution in [0, 0.1) is 12.8 Å². The van der Waals surface area contributed by atoms with Gasteiger partial charge in [-0.2, -0.15) is 0 Å². The van der Waals surface area contributed by atoms with E-state index in [1.54, 1.807) is 12.1 Å². The van der Waals surface area contributed by atoms with Crippen LogP contribution >= 0.6 is 15.9 Å². The highest BCUT2D eigenvalue weighted by molar-refractivity contribution is 9.09. The van der Waals surface area contributed by atoms with Gasteiger partial charge in [-0.25, -0.2) is 13.1 Å². The molecule has 1 aliphatic carbocycles. The zero-order chi connectivity index (χ0) is 13.9. The van der Waals surface area contributed by atoms with Crippen LogP contribution in [-0.4, -0.2) is 19.8 Å². The van der Waals surface area contributed by atoms with Crippen molar-refractivity contribution >= 4 is 26.0 Å². The molecule has 1 N–H and O–H groups in total. The highest BCUT2D eigenvalue weighted by atomic mass is 79.9. The first kappa shape index (κ1) is 15.0. The SMILES string of the molecule is Cc1ccccc1S(=O)(=O)NC1CCCCC1CBr. The minimum absolute atomic E-state index is 0.0535. The average molecular weight is 346 g/mol. The first-order valence-electron chi connectivity index (χ1n) is 6.68. The van der Waals surface area contributed by atoms with E-state index >= 15 is 0 Å². The Morgan fingerprint density at radius 3 is 2.63 bits per heavy atom. The highest BCUT2D eigenvalue weighted by Gasteiger charge is 2.29. The molecule has 5 heteroatoms. The van der Waals surface area contributed by atoms with E-state index in [4.69, 9.17) is 0 Å². The molecule has 106 valence electrons. The first-order chi connectivity index (χ1) is 9.04. The summed E-state index contributed by atoms with van der Waals surface area (Å²) >= 11 is 3.49. The monoisotopic (exact) mass is 345 g/mol. The molecule has 0 heterocycles. The summed E-state index contributed by atoms with van der Waals surface area (Å²) in [7, 11) is -3.40. The summed E-state index contributed by atoms with van der Waals surface area (Å²) < 4.78 is 27.8. The summed E-state index contributed by atoms with van der Waals surface area (Å²) in [5.74, 6) is 0.396. The van der Waals surface area contributed by atoms with Crippen molar-refractivity contribution in [3.63, 3.8) is 0 Å². The molecule has 1 aromatic rings. The lowest BCUT2D eigenvalue weighted by Gasteiger charge is -2.30. The van der Waals surface area contributed by atoms with Crippen molar-refractivity contribution < 1.29 is 8.42 Å². The van der Waals surface area contributed by atoms with Crippen molar-refractivity contribution in [1.29, 1.82) is 0 Å². The lowest BCUT2D eigenvalue weighted by atomic mass is 9.87. The molecule has 2 rings (SSSR count). The van der Waals surface area contributed by atoms with Gasteiger partial charge in [0.1, 0.15) is 0 Å². The Labute approximate surface area is 124 Å². The van der Waals surface area contributed by atoms with Crippen molar-refractivity contribution in [2.75, 3.05) is 5.33 Å². The van der Waals surface area contributed by atoms with Gasteiger partial charge in [0.2, 0.25) is 10.0 Å². The summed E-state index contributed by atoms with van der Waals surface area (Å²) in [5, 5.41) is 0.855.